The van der Waals surface area contributed by atoms with E-state index in [-0.39, 0.29) is 5.57 Å². The van der Waals surface area contributed by atoms with Gasteiger partial charge in [-0.3, -0.25) is 0 Å². The highest BCUT2D eigenvalue weighted by atomic mass is 35.5. The molecule has 0 aliphatic heterocycles. The van der Waals surface area contributed by atoms with Gasteiger partial charge in [-0.15, -0.1) is 11.8 Å². The van der Waals surface area contributed by atoms with Crippen molar-refractivity contribution in [3.63, 3.8) is 0 Å². The van der Waals surface area contributed by atoms with Crippen molar-refractivity contribution in [2.24, 2.45) is 0 Å². The smallest absolute Gasteiger partial charge is 0.330 e. The van der Waals surface area contributed by atoms with Crippen molar-refractivity contribution in [1.82, 2.24) is 0 Å². The predicted octanol–water partition coefficient (Wildman–Crippen LogP) is 3.46. The summed E-state index contributed by atoms with van der Waals surface area (Å²) in [6, 6.07) is 7.46. The molecule has 4 heteroatoms. The Morgan fingerprint density at radius 2 is 2.00 bits per heavy atom. The second kappa shape index (κ2) is 5.83. The van der Waals surface area contributed by atoms with Gasteiger partial charge in [0.15, 0.2) is 0 Å². The highest BCUT2D eigenvalue weighted by molar-refractivity contribution is 7.99. The van der Waals surface area contributed by atoms with Crippen LogP contribution >= 0.6 is 23.4 Å². The summed E-state index contributed by atoms with van der Waals surface area (Å²) in [5.74, 6) is -0.209. The summed E-state index contributed by atoms with van der Waals surface area (Å²) < 4.78 is 0. The van der Waals surface area contributed by atoms with Gasteiger partial charge in [-0.25, -0.2) is 4.79 Å². The fourth-order valence-electron chi connectivity index (χ4n) is 0.930. The summed E-state index contributed by atoms with van der Waals surface area (Å²) in [5.41, 5.74) is 0.247. The van der Waals surface area contributed by atoms with Crippen LogP contribution in [-0.2, 0) is 4.79 Å². The average Bonchev–Trinajstić information content (AvgIpc) is 2.20. The van der Waals surface area contributed by atoms with E-state index in [2.05, 4.69) is 6.58 Å². The number of halogens is 1. The van der Waals surface area contributed by atoms with Crippen LogP contribution in [0, 0.1) is 0 Å². The number of carboxylic acids is 1. The molecule has 0 aromatic heterocycles. The van der Waals surface area contributed by atoms with E-state index in [0.29, 0.717) is 17.2 Å². The van der Waals surface area contributed by atoms with Gasteiger partial charge in [-0.2, -0.15) is 0 Å². The summed E-state index contributed by atoms with van der Waals surface area (Å²) >= 11 is 7.33. The molecule has 0 radical (unpaired) electrons. The molecule has 0 spiro atoms. The normalized spacial score (nSPS) is 9.93. The molecule has 1 aromatic carbocycles. The summed E-state index contributed by atoms with van der Waals surface area (Å²) in [4.78, 5) is 11.5. The summed E-state index contributed by atoms with van der Waals surface area (Å²) in [6.07, 6.45) is 0.489. The fourth-order valence-corrected chi connectivity index (χ4v) is 1.97. The molecule has 1 rings (SSSR count). The van der Waals surface area contributed by atoms with Gasteiger partial charge >= 0.3 is 5.97 Å². The Labute approximate surface area is 97.9 Å². The van der Waals surface area contributed by atoms with E-state index in [4.69, 9.17) is 16.7 Å². The van der Waals surface area contributed by atoms with E-state index in [9.17, 15) is 4.79 Å². The van der Waals surface area contributed by atoms with E-state index >= 15 is 0 Å². The molecule has 15 heavy (non-hydrogen) atoms. The first-order chi connectivity index (χ1) is 7.09. The molecule has 0 unspecified atom stereocenters. The Kier molecular flexibility index (Phi) is 4.72. The molecule has 80 valence electrons. The first-order valence-corrected chi connectivity index (χ1v) is 5.75. The van der Waals surface area contributed by atoms with Crippen molar-refractivity contribution in [2.45, 2.75) is 11.3 Å². The van der Waals surface area contributed by atoms with Crippen molar-refractivity contribution in [3.05, 3.63) is 41.4 Å². The number of rotatable bonds is 5. The third-order valence-electron chi connectivity index (χ3n) is 1.79. The van der Waals surface area contributed by atoms with Gasteiger partial charge in [0.1, 0.15) is 0 Å². The largest absolute Gasteiger partial charge is 0.478 e. The zero-order valence-electron chi connectivity index (χ0n) is 8.07. The molecule has 0 amide bonds. The van der Waals surface area contributed by atoms with Gasteiger partial charge in [0, 0.05) is 21.2 Å². The van der Waals surface area contributed by atoms with Crippen LogP contribution in [-0.4, -0.2) is 16.8 Å². The first kappa shape index (κ1) is 12.1. The van der Waals surface area contributed by atoms with E-state index < -0.39 is 5.97 Å². The highest BCUT2D eigenvalue weighted by Gasteiger charge is 2.03. The van der Waals surface area contributed by atoms with Crippen LogP contribution in [0.3, 0.4) is 0 Å². The van der Waals surface area contributed by atoms with E-state index in [0.717, 1.165) is 4.90 Å². The number of thioether (sulfide) groups is 1. The van der Waals surface area contributed by atoms with Gasteiger partial charge < -0.3 is 5.11 Å². The Morgan fingerprint density at radius 1 is 1.40 bits per heavy atom. The van der Waals surface area contributed by atoms with Gasteiger partial charge in [-0.05, 0) is 30.7 Å². The van der Waals surface area contributed by atoms with E-state index in [1.54, 1.807) is 11.8 Å². The Bertz CT molecular complexity index is 359. The second-order valence-corrected chi connectivity index (χ2v) is 4.57. The lowest BCUT2D eigenvalue weighted by Crippen LogP contribution is -1.99. The minimum Gasteiger partial charge on any atom is -0.478 e. The molecule has 0 fully saturated rings. The van der Waals surface area contributed by atoms with Gasteiger partial charge in [0.2, 0.25) is 0 Å². The summed E-state index contributed by atoms with van der Waals surface area (Å²) in [7, 11) is 0. The lowest BCUT2D eigenvalue weighted by molar-refractivity contribution is -0.132. The van der Waals surface area contributed by atoms with Crippen LogP contribution in [0.15, 0.2) is 41.3 Å². The highest BCUT2D eigenvalue weighted by Crippen LogP contribution is 2.21. The van der Waals surface area contributed by atoms with Gasteiger partial charge in [-0.1, -0.05) is 18.2 Å². The van der Waals surface area contributed by atoms with Crippen molar-refractivity contribution >= 4 is 29.3 Å². The molecule has 0 aliphatic carbocycles. The maximum absolute atomic E-state index is 10.5. The van der Waals surface area contributed by atoms with Crippen molar-refractivity contribution in [3.8, 4) is 0 Å². The average molecular weight is 243 g/mol. The van der Waals surface area contributed by atoms with Crippen molar-refractivity contribution in [2.75, 3.05) is 5.75 Å². The minimum absolute atomic E-state index is 0.247. The molecule has 1 N–H and O–H groups in total. The zero-order valence-corrected chi connectivity index (χ0v) is 9.64. The number of aliphatic carboxylic acids is 1. The molecule has 0 aliphatic rings. The number of carbonyl (C=O) groups is 1. The summed E-state index contributed by atoms with van der Waals surface area (Å²) in [6.45, 7) is 3.47. The number of benzene rings is 1. The molecular formula is C11H11ClO2S. The Hall–Kier alpha value is -0.930. The number of carboxylic acid groups (broad SMARTS) is 1. The van der Waals surface area contributed by atoms with Gasteiger partial charge in [0.25, 0.3) is 0 Å². The lowest BCUT2D eigenvalue weighted by Gasteiger charge is -2.01. The van der Waals surface area contributed by atoms with Crippen LogP contribution in [0.25, 0.3) is 0 Å². The third-order valence-corrected chi connectivity index (χ3v) is 3.05. The van der Waals surface area contributed by atoms with Crippen molar-refractivity contribution in [1.29, 1.82) is 0 Å². The van der Waals surface area contributed by atoms with Crippen LogP contribution in [0.4, 0.5) is 0 Å². The lowest BCUT2D eigenvalue weighted by atomic mass is 10.2. The molecule has 0 saturated carbocycles. The number of hydrogen-bond donors (Lipinski definition) is 1. The SMILES string of the molecule is C=C(CCSc1ccc(Cl)cc1)C(=O)O. The molecule has 0 heterocycles. The fraction of sp³-hybridized carbons (Fsp3) is 0.182. The maximum Gasteiger partial charge on any atom is 0.330 e. The standard InChI is InChI=1S/C11H11ClO2S/c1-8(11(13)14)6-7-15-10-4-2-9(12)3-5-10/h2-5H,1,6-7H2,(H,13,14). The third kappa shape index (κ3) is 4.40. The first-order valence-electron chi connectivity index (χ1n) is 4.39. The maximum atomic E-state index is 10.5. The second-order valence-electron chi connectivity index (χ2n) is 2.96. The van der Waals surface area contributed by atoms with Crippen LogP contribution < -0.4 is 0 Å². The van der Waals surface area contributed by atoms with Crippen LogP contribution in [0.1, 0.15) is 6.42 Å². The Morgan fingerprint density at radius 3 is 2.53 bits per heavy atom. The van der Waals surface area contributed by atoms with Crippen molar-refractivity contribution < 1.29 is 9.90 Å². The molecular weight excluding hydrogens is 232 g/mol. The minimum atomic E-state index is -0.924. The quantitative estimate of drug-likeness (QED) is 0.635. The molecule has 2 nitrogen and oxygen atoms in total. The van der Waals surface area contributed by atoms with E-state index in [1.165, 1.54) is 0 Å². The summed E-state index contributed by atoms with van der Waals surface area (Å²) in [5, 5.41) is 9.29. The van der Waals surface area contributed by atoms with Crippen LogP contribution in [0.5, 0.6) is 0 Å². The zero-order chi connectivity index (χ0) is 11.3. The monoisotopic (exact) mass is 242 g/mol. The predicted molar refractivity (Wildman–Crippen MR) is 63.6 cm³/mol. The molecule has 1 aromatic rings. The molecule has 0 saturated heterocycles. The van der Waals surface area contributed by atoms with Crippen LogP contribution in [0.2, 0.25) is 5.02 Å². The topological polar surface area (TPSA) is 37.3 Å². The van der Waals surface area contributed by atoms with Gasteiger partial charge in [0.05, 0.1) is 0 Å². The number of hydrogen-bond acceptors (Lipinski definition) is 2. The van der Waals surface area contributed by atoms with E-state index in [1.807, 2.05) is 24.3 Å². The molecule has 0 bridgehead atoms. The Balaban J connectivity index is 2.35. The molecule has 0 atom stereocenters.